The second-order valence-electron chi connectivity index (χ2n) is 8.29. The van der Waals surface area contributed by atoms with Crippen molar-refractivity contribution in [2.45, 2.75) is 53.4 Å². The molecule has 0 unspecified atom stereocenters. The SMILES string of the molecule is C(#Cc1ccccc1)c1ccccc1.CC.CC.CO.COc1ccc(NC(=O)N2CCCCNCCCC2)cc1. The highest BCUT2D eigenvalue weighted by molar-refractivity contribution is 5.89. The first-order chi connectivity index (χ1) is 20.2. The van der Waals surface area contributed by atoms with Gasteiger partial charge in [0.2, 0.25) is 0 Å². The summed E-state index contributed by atoms with van der Waals surface area (Å²) in [6, 6.07) is 27.4. The lowest BCUT2D eigenvalue weighted by Crippen LogP contribution is -2.37. The molecule has 0 aliphatic carbocycles. The molecule has 0 bridgehead atoms. The summed E-state index contributed by atoms with van der Waals surface area (Å²) in [6.07, 6.45) is 4.32. The molecule has 3 aromatic carbocycles. The number of hydrogen-bond acceptors (Lipinski definition) is 4. The minimum Gasteiger partial charge on any atom is -0.497 e. The number of aliphatic hydroxyl groups excluding tert-OH is 1. The van der Waals surface area contributed by atoms with E-state index in [4.69, 9.17) is 9.84 Å². The normalized spacial score (nSPS) is 12.2. The van der Waals surface area contributed by atoms with Gasteiger partial charge in [-0.05, 0) is 87.3 Å². The molecule has 224 valence electrons. The summed E-state index contributed by atoms with van der Waals surface area (Å²) >= 11 is 0. The monoisotopic (exact) mass is 561 g/mol. The third-order valence-corrected chi connectivity index (χ3v) is 5.59. The van der Waals surface area contributed by atoms with Crippen LogP contribution in [0.5, 0.6) is 5.75 Å². The molecule has 4 rings (SSSR count). The van der Waals surface area contributed by atoms with Crippen molar-refractivity contribution >= 4 is 11.7 Å². The van der Waals surface area contributed by atoms with Crippen molar-refractivity contribution in [1.29, 1.82) is 0 Å². The number of rotatable bonds is 2. The first kappa shape index (κ1) is 37.2. The second kappa shape index (κ2) is 26.4. The van der Waals surface area contributed by atoms with Gasteiger partial charge in [0.15, 0.2) is 0 Å². The van der Waals surface area contributed by atoms with Gasteiger partial charge in [0.1, 0.15) is 5.75 Å². The number of nitrogens with one attached hydrogen (secondary N) is 2. The molecular formula is C35H51N3O3. The van der Waals surface area contributed by atoms with Crippen LogP contribution < -0.4 is 15.4 Å². The smallest absolute Gasteiger partial charge is 0.321 e. The van der Waals surface area contributed by atoms with Crippen LogP contribution >= 0.6 is 0 Å². The third-order valence-electron chi connectivity index (χ3n) is 5.59. The summed E-state index contributed by atoms with van der Waals surface area (Å²) < 4.78 is 5.12. The number of urea groups is 1. The molecule has 0 atom stereocenters. The van der Waals surface area contributed by atoms with Crippen LogP contribution in [0.15, 0.2) is 84.9 Å². The van der Waals surface area contributed by atoms with Crippen LogP contribution in [0.3, 0.4) is 0 Å². The van der Waals surface area contributed by atoms with E-state index in [9.17, 15) is 4.79 Å². The minimum absolute atomic E-state index is 0.00583. The zero-order chi connectivity index (χ0) is 30.6. The van der Waals surface area contributed by atoms with Crippen LogP contribution in [0.1, 0.15) is 64.5 Å². The zero-order valence-electron chi connectivity index (χ0n) is 26.0. The Hall–Kier alpha value is -3.79. The summed E-state index contributed by atoms with van der Waals surface area (Å²) in [5.74, 6) is 7.01. The largest absolute Gasteiger partial charge is 0.497 e. The number of amides is 2. The van der Waals surface area contributed by atoms with Crippen LogP contribution in [-0.2, 0) is 0 Å². The van der Waals surface area contributed by atoms with E-state index < -0.39 is 0 Å². The molecule has 1 heterocycles. The van der Waals surface area contributed by atoms with Crippen LogP contribution in [0.2, 0.25) is 0 Å². The van der Waals surface area contributed by atoms with Crippen molar-refractivity contribution < 1.29 is 14.6 Å². The van der Waals surface area contributed by atoms with Crippen molar-refractivity contribution in [3.8, 4) is 17.6 Å². The highest BCUT2D eigenvalue weighted by Crippen LogP contribution is 2.16. The number of ether oxygens (including phenoxy) is 1. The zero-order valence-corrected chi connectivity index (χ0v) is 26.0. The molecule has 1 fully saturated rings. The molecule has 1 aliphatic heterocycles. The van der Waals surface area contributed by atoms with Crippen LogP contribution in [0, 0.1) is 11.8 Å². The lowest BCUT2D eigenvalue weighted by molar-refractivity contribution is 0.208. The Morgan fingerprint density at radius 3 is 1.59 bits per heavy atom. The predicted molar refractivity (Wildman–Crippen MR) is 175 cm³/mol. The van der Waals surface area contributed by atoms with Gasteiger partial charge in [0.25, 0.3) is 0 Å². The molecule has 0 radical (unpaired) electrons. The van der Waals surface area contributed by atoms with Crippen molar-refractivity contribution in [1.82, 2.24) is 10.2 Å². The van der Waals surface area contributed by atoms with Gasteiger partial charge >= 0.3 is 6.03 Å². The van der Waals surface area contributed by atoms with Gasteiger partial charge in [-0.3, -0.25) is 0 Å². The highest BCUT2D eigenvalue weighted by atomic mass is 16.5. The highest BCUT2D eigenvalue weighted by Gasteiger charge is 2.13. The fraction of sp³-hybridized carbons (Fsp3) is 0.400. The fourth-order valence-electron chi connectivity index (χ4n) is 3.61. The van der Waals surface area contributed by atoms with E-state index in [0.717, 1.165) is 81.5 Å². The average molecular weight is 562 g/mol. The number of anilines is 1. The quantitative estimate of drug-likeness (QED) is 0.284. The Balaban J connectivity index is 0.000000693. The van der Waals surface area contributed by atoms with Crippen molar-refractivity contribution in [2.75, 3.05) is 45.7 Å². The van der Waals surface area contributed by atoms with E-state index in [2.05, 4.69) is 22.5 Å². The Morgan fingerprint density at radius 1 is 0.732 bits per heavy atom. The maximum absolute atomic E-state index is 12.4. The van der Waals surface area contributed by atoms with Gasteiger partial charge in [-0.15, -0.1) is 0 Å². The van der Waals surface area contributed by atoms with E-state index in [-0.39, 0.29) is 6.03 Å². The third kappa shape index (κ3) is 17.5. The molecule has 0 saturated carbocycles. The fourth-order valence-corrected chi connectivity index (χ4v) is 3.61. The first-order valence-corrected chi connectivity index (χ1v) is 14.7. The Morgan fingerprint density at radius 2 is 1.17 bits per heavy atom. The molecule has 6 nitrogen and oxygen atoms in total. The Kier molecular flexibility index (Phi) is 24.0. The van der Waals surface area contributed by atoms with Gasteiger partial charge in [-0.2, -0.15) is 0 Å². The Bertz CT molecular complexity index is 1010. The molecule has 41 heavy (non-hydrogen) atoms. The molecule has 1 saturated heterocycles. The molecule has 2 amide bonds. The number of carbonyl (C=O) groups excluding carboxylic acids is 1. The van der Waals surface area contributed by atoms with Gasteiger partial charge in [-0.1, -0.05) is 75.9 Å². The van der Waals surface area contributed by atoms with E-state index in [1.165, 1.54) is 0 Å². The molecule has 3 N–H and O–H groups in total. The van der Waals surface area contributed by atoms with Gasteiger partial charge < -0.3 is 25.4 Å². The summed E-state index contributed by atoms with van der Waals surface area (Å²) in [5, 5.41) is 13.4. The van der Waals surface area contributed by atoms with Gasteiger partial charge in [0, 0.05) is 37.0 Å². The van der Waals surface area contributed by atoms with Crippen LogP contribution in [-0.4, -0.2) is 56.4 Å². The maximum Gasteiger partial charge on any atom is 0.321 e. The number of benzene rings is 3. The van der Waals surface area contributed by atoms with E-state index in [1.807, 2.05) is 118 Å². The molecule has 3 aromatic rings. The lowest BCUT2D eigenvalue weighted by Gasteiger charge is -2.24. The van der Waals surface area contributed by atoms with Gasteiger partial charge in [-0.25, -0.2) is 4.79 Å². The first-order valence-electron chi connectivity index (χ1n) is 14.7. The minimum atomic E-state index is -0.00583. The molecule has 0 aromatic heterocycles. The van der Waals surface area contributed by atoms with Crippen molar-refractivity contribution in [3.63, 3.8) is 0 Å². The number of hydrogen-bond donors (Lipinski definition) is 3. The number of carbonyl (C=O) groups is 1. The summed E-state index contributed by atoms with van der Waals surface area (Å²) in [4.78, 5) is 14.3. The average Bonchev–Trinajstić information content (AvgIpc) is 3.07. The van der Waals surface area contributed by atoms with E-state index in [0.29, 0.717) is 0 Å². The van der Waals surface area contributed by atoms with Gasteiger partial charge in [0.05, 0.1) is 7.11 Å². The summed E-state index contributed by atoms with van der Waals surface area (Å²) in [7, 11) is 2.63. The topological polar surface area (TPSA) is 73.8 Å². The Labute approximate surface area is 249 Å². The predicted octanol–water partition coefficient (Wildman–Crippen LogP) is 7.44. The number of methoxy groups -OCH3 is 1. The summed E-state index contributed by atoms with van der Waals surface area (Å²) in [6.45, 7) is 11.7. The summed E-state index contributed by atoms with van der Waals surface area (Å²) in [5.41, 5.74) is 2.91. The molecule has 6 heteroatoms. The van der Waals surface area contributed by atoms with E-state index >= 15 is 0 Å². The second-order valence-corrected chi connectivity index (χ2v) is 8.29. The van der Waals surface area contributed by atoms with Crippen molar-refractivity contribution in [2.24, 2.45) is 0 Å². The molecular weight excluding hydrogens is 510 g/mol. The van der Waals surface area contributed by atoms with Crippen molar-refractivity contribution in [3.05, 3.63) is 96.1 Å². The standard InChI is InChI=1S/C16H25N3O2.C14H10.2C2H6.CH4O/c1-21-15-8-6-14(7-9-15)18-16(20)19-12-4-2-10-17-11-3-5-13-19;1-3-7-13(8-4-1)11-12-14-9-5-2-6-10-14;3*1-2/h6-9,17H,2-5,10-13H2,1H3,(H,18,20);1-10H;2*1-2H3;2H,1H3. The molecule has 0 spiro atoms. The maximum atomic E-state index is 12.4. The number of aliphatic hydroxyl groups is 1. The van der Waals surface area contributed by atoms with E-state index in [1.54, 1.807) is 7.11 Å². The van der Waals surface area contributed by atoms with Crippen LogP contribution in [0.4, 0.5) is 10.5 Å². The van der Waals surface area contributed by atoms with Crippen LogP contribution in [0.25, 0.3) is 0 Å². The molecule has 1 aliphatic rings. The number of nitrogens with zero attached hydrogens (tertiary/aromatic N) is 1. The lowest BCUT2D eigenvalue weighted by atomic mass is 10.2.